The molecule has 0 aliphatic carbocycles. The molecule has 2 N–H and O–H groups in total. The second-order valence-corrected chi connectivity index (χ2v) is 6.03. The Bertz CT molecular complexity index is 966. The molecule has 8 nitrogen and oxygen atoms in total. The molecule has 8 heteroatoms. The maximum atomic E-state index is 12.5. The second kappa shape index (κ2) is 6.40. The molecule has 26 heavy (non-hydrogen) atoms. The number of nitrogens with zero attached hydrogens (tertiary/aromatic N) is 4. The predicted molar refractivity (Wildman–Crippen MR) is 95.7 cm³/mol. The summed E-state index contributed by atoms with van der Waals surface area (Å²) in [6.45, 7) is 2.24. The second-order valence-electron chi connectivity index (χ2n) is 6.03. The molecule has 0 radical (unpaired) electrons. The van der Waals surface area contributed by atoms with Gasteiger partial charge in [0.1, 0.15) is 0 Å². The number of aromatic nitrogens is 4. The van der Waals surface area contributed by atoms with E-state index >= 15 is 0 Å². The van der Waals surface area contributed by atoms with Crippen LogP contribution in [0.5, 0.6) is 0 Å². The third kappa shape index (κ3) is 2.92. The molecular formula is C18H16N6O2. The molecule has 0 saturated heterocycles. The molecule has 0 unspecified atom stereocenters. The fourth-order valence-corrected chi connectivity index (χ4v) is 3.06. The minimum Gasteiger partial charge on any atom is -0.322 e. The molecule has 0 saturated carbocycles. The monoisotopic (exact) mass is 348 g/mol. The zero-order chi connectivity index (χ0) is 18.1. The van der Waals surface area contributed by atoms with E-state index in [1.54, 1.807) is 36.1 Å². The van der Waals surface area contributed by atoms with Gasteiger partial charge in [0.15, 0.2) is 0 Å². The molecule has 3 aromatic rings. The first-order valence-corrected chi connectivity index (χ1v) is 8.18. The smallest absolute Gasteiger partial charge is 0.255 e. The number of fused-ring (bicyclic) bond motifs is 1. The molecule has 2 aromatic carbocycles. The van der Waals surface area contributed by atoms with Crippen molar-refractivity contribution in [3.63, 3.8) is 0 Å². The summed E-state index contributed by atoms with van der Waals surface area (Å²) in [5.74, 6) is 0.305. The third-order valence-electron chi connectivity index (χ3n) is 4.36. The summed E-state index contributed by atoms with van der Waals surface area (Å²) in [6.07, 6.45) is 0.790. The van der Waals surface area contributed by atoms with Crippen LogP contribution in [0.1, 0.15) is 22.8 Å². The van der Waals surface area contributed by atoms with Crippen LogP contribution < -0.4 is 10.2 Å². The minimum absolute atomic E-state index is 0.0298. The van der Waals surface area contributed by atoms with E-state index in [2.05, 4.69) is 25.9 Å². The van der Waals surface area contributed by atoms with Crippen LogP contribution in [0, 0.1) is 0 Å². The van der Waals surface area contributed by atoms with Crippen LogP contribution in [0.3, 0.4) is 0 Å². The van der Waals surface area contributed by atoms with Crippen molar-refractivity contribution in [1.29, 1.82) is 0 Å². The van der Waals surface area contributed by atoms with E-state index in [0.29, 0.717) is 23.6 Å². The summed E-state index contributed by atoms with van der Waals surface area (Å²) in [4.78, 5) is 25.8. The van der Waals surface area contributed by atoms with Crippen LogP contribution in [-0.4, -0.2) is 39.0 Å². The van der Waals surface area contributed by atoms with Crippen molar-refractivity contribution < 1.29 is 9.59 Å². The summed E-state index contributed by atoms with van der Waals surface area (Å²) >= 11 is 0. The lowest BCUT2D eigenvalue weighted by molar-refractivity contribution is -0.116. The first kappa shape index (κ1) is 15.9. The number of amides is 2. The number of H-pyrrole nitrogens is 1. The Morgan fingerprint density at radius 3 is 2.65 bits per heavy atom. The summed E-state index contributed by atoms with van der Waals surface area (Å²) in [5, 5.41) is 16.6. The topological polar surface area (TPSA) is 104 Å². The molecule has 0 atom stereocenters. The average molecular weight is 348 g/mol. The summed E-state index contributed by atoms with van der Waals surface area (Å²) in [7, 11) is 0. The summed E-state index contributed by atoms with van der Waals surface area (Å²) in [5.41, 5.74) is 3.99. The van der Waals surface area contributed by atoms with Crippen molar-refractivity contribution in [2.24, 2.45) is 0 Å². The van der Waals surface area contributed by atoms with E-state index < -0.39 is 0 Å². The Morgan fingerprint density at radius 2 is 1.96 bits per heavy atom. The highest BCUT2D eigenvalue weighted by atomic mass is 16.2. The van der Waals surface area contributed by atoms with Crippen LogP contribution in [0.4, 0.5) is 11.4 Å². The maximum Gasteiger partial charge on any atom is 0.255 e. The highest BCUT2D eigenvalue weighted by Gasteiger charge is 2.22. The van der Waals surface area contributed by atoms with Crippen LogP contribution in [0.15, 0.2) is 42.5 Å². The molecule has 4 rings (SSSR count). The lowest BCUT2D eigenvalue weighted by Crippen LogP contribution is -2.25. The van der Waals surface area contributed by atoms with Gasteiger partial charge in [-0.3, -0.25) is 9.59 Å². The molecule has 0 spiro atoms. The van der Waals surface area contributed by atoms with Gasteiger partial charge in [-0.25, -0.2) is 0 Å². The van der Waals surface area contributed by atoms with Gasteiger partial charge in [0.25, 0.3) is 5.91 Å². The predicted octanol–water partition coefficient (Wildman–Crippen LogP) is 2.03. The molecule has 130 valence electrons. The molecule has 2 amide bonds. The van der Waals surface area contributed by atoms with Gasteiger partial charge < -0.3 is 10.2 Å². The van der Waals surface area contributed by atoms with Crippen molar-refractivity contribution in [3.8, 4) is 11.4 Å². The quantitative estimate of drug-likeness (QED) is 0.754. The molecule has 0 fully saturated rings. The Labute approximate surface area is 149 Å². The van der Waals surface area contributed by atoms with Gasteiger partial charge in [0.05, 0.1) is 0 Å². The number of benzene rings is 2. The molecule has 1 aliphatic rings. The molecular weight excluding hydrogens is 332 g/mol. The summed E-state index contributed by atoms with van der Waals surface area (Å²) < 4.78 is 0. The SMILES string of the molecule is CC(=O)N1CCc2cc(NC(=O)c3ccc(-c4nn[nH]n4)cc3)ccc21. The lowest BCUT2D eigenvalue weighted by atomic mass is 10.1. The van der Waals surface area contributed by atoms with Crippen molar-refractivity contribution in [3.05, 3.63) is 53.6 Å². The molecule has 0 bridgehead atoms. The number of aromatic amines is 1. The molecule has 1 aromatic heterocycles. The Kier molecular flexibility index (Phi) is 3.92. The fourth-order valence-electron chi connectivity index (χ4n) is 3.06. The van der Waals surface area contributed by atoms with E-state index in [-0.39, 0.29) is 11.8 Å². The van der Waals surface area contributed by atoms with Crippen molar-refractivity contribution in [2.75, 3.05) is 16.8 Å². The third-order valence-corrected chi connectivity index (χ3v) is 4.36. The Hall–Kier alpha value is -3.55. The number of rotatable bonds is 3. The van der Waals surface area contributed by atoms with Crippen LogP contribution >= 0.6 is 0 Å². The Morgan fingerprint density at radius 1 is 1.15 bits per heavy atom. The zero-order valence-corrected chi connectivity index (χ0v) is 14.1. The van der Waals surface area contributed by atoms with Crippen LogP contribution in [-0.2, 0) is 11.2 Å². The Balaban J connectivity index is 1.49. The highest BCUT2D eigenvalue weighted by Crippen LogP contribution is 2.30. The number of tetrazole rings is 1. The van der Waals surface area contributed by atoms with Gasteiger partial charge in [0, 0.05) is 36.0 Å². The standard InChI is InChI=1S/C18H16N6O2/c1-11(25)24-9-8-14-10-15(6-7-16(14)24)19-18(26)13-4-2-12(3-5-13)17-20-22-23-21-17/h2-7,10H,8-9H2,1H3,(H,19,26)(H,20,21,22,23). The van der Waals surface area contributed by atoms with E-state index in [9.17, 15) is 9.59 Å². The fraction of sp³-hybridized carbons (Fsp3) is 0.167. The van der Waals surface area contributed by atoms with Crippen LogP contribution in [0.25, 0.3) is 11.4 Å². The highest BCUT2D eigenvalue weighted by molar-refractivity contribution is 6.05. The lowest BCUT2D eigenvalue weighted by Gasteiger charge is -2.15. The van der Waals surface area contributed by atoms with E-state index in [1.807, 2.05) is 18.2 Å². The van der Waals surface area contributed by atoms with Gasteiger partial charge in [-0.1, -0.05) is 12.1 Å². The normalized spacial score (nSPS) is 12.7. The zero-order valence-electron chi connectivity index (χ0n) is 14.1. The minimum atomic E-state index is -0.203. The van der Waals surface area contributed by atoms with E-state index in [4.69, 9.17) is 0 Å². The molecule has 1 aliphatic heterocycles. The van der Waals surface area contributed by atoms with E-state index in [0.717, 1.165) is 23.2 Å². The number of carbonyl (C=O) groups excluding carboxylic acids is 2. The maximum absolute atomic E-state index is 12.5. The van der Waals surface area contributed by atoms with Crippen molar-refractivity contribution >= 4 is 23.2 Å². The van der Waals surface area contributed by atoms with Crippen LogP contribution in [0.2, 0.25) is 0 Å². The number of carbonyl (C=O) groups is 2. The number of nitrogens with one attached hydrogen (secondary N) is 2. The summed E-state index contributed by atoms with van der Waals surface area (Å²) in [6, 6.07) is 12.6. The average Bonchev–Trinajstić information content (AvgIpc) is 3.31. The number of hydrogen-bond donors (Lipinski definition) is 2. The first-order chi connectivity index (χ1) is 12.6. The van der Waals surface area contributed by atoms with Gasteiger partial charge in [-0.05, 0) is 47.5 Å². The first-order valence-electron chi connectivity index (χ1n) is 8.18. The largest absolute Gasteiger partial charge is 0.322 e. The number of anilines is 2. The van der Waals surface area contributed by atoms with Gasteiger partial charge in [0.2, 0.25) is 11.7 Å². The van der Waals surface area contributed by atoms with Gasteiger partial charge in [-0.2, -0.15) is 5.21 Å². The molecule has 2 heterocycles. The van der Waals surface area contributed by atoms with Crippen molar-refractivity contribution in [1.82, 2.24) is 20.6 Å². The van der Waals surface area contributed by atoms with E-state index in [1.165, 1.54) is 0 Å². The van der Waals surface area contributed by atoms with Crippen molar-refractivity contribution in [2.45, 2.75) is 13.3 Å². The number of hydrogen-bond acceptors (Lipinski definition) is 5. The van der Waals surface area contributed by atoms with Gasteiger partial charge >= 0.3 is 0 Å². The van der Waals surface area contributed by atoms with Gasteiger partial charge in [-0.15, -0.1) is 10.2 Å².